The van der Waals surface area contributed by atoms with Crippen LogP contribution >= 0.6 is 0 Å². The lowest BCUT2D eigenvalue weighted by Gasteiger charge is -2.40. The zero-order valence-corrected chi connectivity index (χ0v) is 13.3. The standard InChI is InChI=1S/C18H25FO2/c1-11-5-6-12(9-16(11)19)15-10-13(18(2,3)4)7-8-14(15)17(20)21/h5-6,9,13-15H,7-8,10H2,1-4H3,(H,20,21). The van der Waals surface area contributed by atoms with Crippen molar-refractivity contribution in [3.8, 4) is 0 Å². The quantitative estimate of drug-likeness (QED) is 0.853. The van der Waals surface area contributed by atoms with Crippen molar-refractivity contribution in [2.45, 2.75) is 52.9 Å². The minimum Gasteiger partial charge on any atom is -0.481 e. The maximum Gasteiger partial charge on any atom is 0.307 e. The highest BCUT2D eigenvalue weighted by molar-refractivity contribution is 5.71. The molecule has 3 atom stereocenters. The van der Waals surface area contributed by atoms with Gasteiger partial charge in [0.1, 0.15) is 5.82 Å². The summed E-state index contributed by atoms with van der Waals surface area (Å²) in [4.78, 5) is 11.6. The molecule has 0 bridgehead atoms. The smallest absolute Gasteiger partial charge is 0.307 e. The Labute approximate surface area is 126 Å². The number of hydrogen-bond donors (Lipinski definition) is 1. The molecule has 1 fully saturated rings. The Kier molecular flexibility index (Phi) is 4.40. The van der Waals surface area contributed by atoms with E-state index in [4.69, 9.17) is 0 Å². The van der Waals surface area contributed by atoms with Gasteiger partial charge < -0.3 is 5.11 Å². The van der Waals surface area contributed by atoms with Gasteiger partial charge in [-0.1, -0.05) is 32.9 Å². The Morgan fingerprint density at radius 1 is 1.29 bits per heavy atom. The molecule has 3 heteroatoms. The van der Waals surface area contributed by atoms with Gasteiger partial charge in [0.25, 0.3) is 0 Å². The van der Waals surface area contributed by atoms with Crippen molar-refractivity contribution in [1.29, 1.82) is 0 Å². The van der Waals surface area contributed by atoms with Gasteiger partial charge >= 0.3 is 5.97 Å². The highest BCUT2D eigenvalue weighted by Crippen LogP contribution is 2.47. The fourth-order valence-electron chi connectivity index (χ4n) is 3.46. The van der Waals surface area contributed by atoms with Crippen molar-refractivity contribution in [3.05, 3.63) is 35.1 Å². The van der Waals surface area contributed by atoms with Crippen LogP contribution in [0.15, 0.2) is 18.2 Å². The molecule has 1 saturated carbocycles. The molecule has 1 aliphatic carbocycles. The summed E-state index contributed by atoms with van der Waals surface area (Å²) in [5.41, 5.74) is 1.60. The second kappa shape index (κ2) is 5.78. The first-order chi connectivity index (χ1) is 9.70. The zero-order chi connectivity index (χ0) is 15.8. The normalized spacial score (nSPS) is 26.6. The van der Waals surface area contributed by atoms with Crippen molar-refractivity contribution >= 4 is 5.97 Å². The van der Waals surface area contributed by atoms with Crippen molar-refractivity contribution in [2.75, 3.05) is 0 Å². The number of hydrogen-bond acceptors (Lipinski definition) is 1. The predicted molar refractivity (Wildman–Crippen MR) is 81.8 cm³/mol. The van der Waals surface area contributed by atoms with E-state index in [0.717, 1.165) is 18.4 Å². The summed E-state index contributed by atoms with van der Waals surface area (Å²) >= 11 is 0. The lowest BCUT2D eigenvalue weighted by Crippen LogP contribution is -2.34. The summed E-state index contributed by atoms with van der Waals surface area (Å²) in [6.45, 7) is 8.33. The predicted octanol–water partition coefficient (Wildman–Crippen LogP) is 4.76. The molecule has 0 spiro atoms. The molecule has 0 amide bonds. The molecule has 21 heavy (non-hydrogen) atoms. The first kappa shape index (κ1) is 16.0. The molecule has 2 rings (SSSR count). The molecule has 3 unspecified atom stereocenters. The van der Waals surface area contributed by atoms with E-state index in [9.17, 15) is 14.3 Å². The topological polar surface area (TPSA) is 37.3 Å². The van der Waals surface area contributed by atoms with Crippen molar-refractivity contribution in [3.63, 3.8) is 0 Å². The van der Waals surface area contributed by atoms with Gasteiger partial charge in [-0.05, 0) is 60.6 Å². The summed E-state index contributed by atoms with van der Waals surface area (Å²) in [7, 11) is 0. The fourth-order valence-corrected chi connectivity index (χ4v) is 3.46. The number of aliphatic carboxylic acids is 1. The van der Waals surface area contributed by atoms with Gasteiger partial charge in [0, 0.05) is 0 Å². The maximum atomic E-state index is 13.8. The highest BCUT2D eigenvalue weighted by Gasteiger charge is 2.39. The molecule has 0 saturated heterocycles. The fraction of sp³-hybridized carbons (Fsp3) is 0.611. The van der Waals surface area contributed by atoms with E-state index in [1.165, 1.54) is 6.07 Å². The molecular weight excluding hydrogens is 267 g/mol. The summed E-state index contributed by atoms with van der Waals surface area (Å²) in [6.07, 6.45) is 2.44. The first-order valence-corrected chi connectivity index (χ1v) is 7.69. The molecular formula is C18H25FO2. The van der Waals surface area contributed by atoms with Crippen LogP contribution in [0.3, 0.4) is 0 Å². The van der Waals surface area contributed by atoms with Crippen LogP contribution in [-0.2, 0) is 4.79 Å². The van der Waals surface area contributed by atoms with Gasteiger partial charge in [-0.15, -0.1) is 0 Å². The third-order valence-electron chi connectivity index (χ3n) is 5.02. The molecule has 0 aromatic heterocycles. The van der Waals surface area contributed by atoms with Gasteiger partial charge in [0.05, 0.1) is 5.92 Å². The Bertz CT molecular complexity index is 531. The van der Waals surface area contributed by atoms with Crippen molar-refractivity contribution in [1.82, 2.24) is 0 Å². The van der Waals surface area contributed by atoms with Crippen LogP contribution in [0.2, 0.25) is 0 Å². The number of aryl methyl sites for hydroxylation is 1. The summed E-state index contributed by atoms with van der Waals surface area (Å²) in [6, 6.07) is 5.18. The molecule has 1 aliphatic rings. The summed E-state index contributed by atoms with van der Waals surface area (Å²) in [5, 5.41) is 9.49. The van der Waals surface area contributed by atoms with Crippen LogP contribution in [0.4, 0.5) is 4.39 Å². The third kappa shape index (κ3) is 3.45. The SMILES string of the molecule is Cc1ccc(C2CC(C(C)(C)C)CCC2C(=O)O)cc1F. The van der Waals surface area contributed by atoms with Crippen LogP contribution in [0.1, 0.15) is 57.1 Å². The minimum absolute atomic E-state index is 0.0874. The van der Waals surface area contributed by atoms with Crippen LogP contribution in [0.25, 0.3) is 0 Å². The first-order valence-electron chi connectivity index (χ1n) is 7.69. The second-order valence-electron chi connectivity index (χ2n) is 7.44. The van der Waals surface area contributed by atoms with E-state index in [1.807, 2.05) is 6.07 Å². The molecule has 2 nitrogen and oxygen atoms in total. The lowest BCUT2D eigenvalue weighted by molar-refractivity contribution is -0.144. The van der Waals surface area contributed by atoms with E-state index in [2.05, 4.69) is 20.8 Å². The van der Waals surface area contributed by atoms with E-state index in [1.54, 1.807) is 13.0 Å². The number of carboxylic acid groups (broad SMARTS) is 1. The monoisotopic (exact) mass is 292 g/mol. The average Bonchev–Trinajstić information content (AvgIpc) is 2.40. The van der Waals surface area contributed by atoms with Gasteiger partial charge in [-0.3, -0.25) is 4.79 Å². The van der Waals surface area contributed by atoms with E-state index >= 15 is 0 Å². The molecule has 0 radical (unpaired) electrons. The summed E-state index contributed by atoms with van der Waals surface area (Å²) in [5.74, 6) is -1.01. The maximum absolute atomic E-state index is 13.8. The number of carbonyl (C=O) groups is 1. The van der Waals surface area contributed by atoms with Gasteiger partial charge in [0.2, 0.25) is 0 Å². The van der Waals surface area contributed by atoms with Gasteiger partial charge in [-0.2, -0.15) is 0 Å². The number of carboxylic acids is 1. The number of halogens is 1. The summed E-state index contributed by atoms with van der Waals surface area (Å²) < 4.78 is 13.8. The number of rotatable bonds is 2. The van der Waals surface area contributed by atoms with Crippen LogP contribution in [0.5, 0.6) is 0 Å². The average molecular weight is 292 g/mol. The Balaban J connectivity index is 2.33. The minimum atomic E-state index is -0.756. The lowest BCUT2D eigenvalue weighted by atomic mass is 9.64. The zero-order valence-electron chi connectivity index (χ0n) is 13.3. The molecule has 1 aromatic carbocycles. The van der Waals surface area contributed by atoms with Crippen LogP contribution in [0, 0.1) is 30.0 Å². The second-order valence-corrected chi connectivity index (χ2v) is 7.44. The van der Waals surface area contributed by atoms with Crippen molar-refractivity contribution in [2.24, 2.45) is 17.3 Å². The Morgan fingerprint density at radius 2 is 1.95 bits per heavy atom. The molecule has 116 valence electrons. The van der Waals surface area contributed by atoms with Gasteiger partial charge in [0.15, 0.2) is 0 Å². The molecule has 1 N–H and O–H groups in total. The largest absolute Gasteiger partial charge is 0.481 e. The van der Waals surface area contributed by atoms with Crippen LogP contribution in [-0.4, -0.2) is 11.1 Å². The highest BCUT2D eigenvalue weighted by atomic mass is 19.1. The third-order valence-corrected chi connectivity index (χ3v) is 5.02. The van der Waals surface area contributed by atoms with E-state index in [-0.39, 0.29) is 17.2 Å². The molecule has 0 heterocycles. The van der Waals surface area contributed by atoms with E-state index < -0.39 is 11.9 Å². The molecule has 1 aromatic rings. The van der Waals surface area contributed by atoms with Crippen LogP contribution < -0.4 is 0 Å². The Morgan fingerprint density at radius 3 is 2.48 bits per heavy atom. The van der Waals surface area contributed by atoms with Gasteiger partial charge in [-0.25, -0.2) is 4.39 Å². The number of benzene rings is 1. The van der Waals surface area contributed by atoms with E-state index in [0.29, 0.717) is 17.9 Å². The Hall–Kier alpha value is -1.38. The van der Waals surface area contributed by atoms with Crippen molar-refractivity contribution < 1.29 is 14.3 Å². The molecule has 0 aliphatic heterocycles.